The van der Waals surface area contributed by atoms with Gasteiger partial charge in [-0.05, 0) is 56.4 Å². The fourth-order valence-corrected chi connectivity index (χ4v) is 8.23. The van der Waals surface area contributed by atoms with Gasteiger partial charge >= 0.3 is 21.2 Å². The molecule has 0 atom stereocenters. The van der Waals surface area contributed by atoms with Crippen molar-refractivity contribution in [1.82, 2.24) is 0 Å². The number of rotatable bonds is 24. The molecule has 0 aromatic heterocycles. The van der Waals surface area contributed by atoms with E-state index in [4.69, 9.17) is 0 Å². The van der Waals surface area contributed by atoms with Gasteiger partial charge < -0.3 is 0 Å². The molecule has 0 unspecified atom stereocenters. The molecule has 0 fully saturated rings. The van der Waals surface area contributed by atoms with E-state index in [1.54, 1.807) is 18.3 Å². The van der Waals surface area contributed by atoms with E-state index in [2.05, 4.69) is 63.2 Å². The van der Waals surface area contributed by atoms with Gasteiger partial charge in [-0.15, -0.1) is 0 Å². The third kappa shape index (κ3) is 15.7. The second kappa shape index (κ2) is 22.9. The van der Waals surface area contributed by atoms with Crippen molar-refractivity contribution in [2.45, 2.75) is 162 Å². The van der Waals surface area contributed by atoms with E-state index in [0.717, 1.165) is 0 Å². The molecule has 0 bridgehead atoms. The Bertz CT molecular complexity index is 806. The maximum Gasteiger partial charge on any atom is 0.358 e. The lowest BCUT2D eigenvalue weighted by Gasteiger charge is -2.10. The minimum absolute atomic E-state index is 0.0976. The molecule has 0 saturated carbocycles. The van der Waals surface area contributed by atoms with E-state index in [0.29, 0.717) is 0 Å². The number of benzene rings is 2. The zero-order valence-corrected chi connectivity index (χ0v) is 27.6. The maximum atomic E-state index is 2.46. The normalized spacial score (nSPS) is 11.3. The highest BCUT2D eigenvalue weighted by molar-refractivity contribution is 5.27. The van der Waals surface area contributed by atoms with Crippen molar-refractivity contribution in [2.24, 2.45) is 0 Å². The van der Waals surface area contributed by atoms with Gasteiger partial charge in [-0.1, -0.05) is 159 Å². The van der Waals surface area contributed by atoms with Crippen molar-refractivity contribution in [3.8, 4) is 0 Å². The fraction of sp³-hybridized carbons (Fsp3) is 0.676. The van der Waals surface area contributed by atoms with E-state index in [1.165, 1.54) is 147 Å². The molecule has 0 aliphatic heterocycles. The first-order valence-corrected chi connectivity index (χ1v) is 18.7. The lowest BCUT2D eigenvalue weighted by Crippen LogP contribution is -3.61. The van der Waals surface area contributed by atoms with E-state index >= 15 is 0 Å². The summed E-state index contributed by atoms with van der Waals surface area (Å²) < 4.78 is 3.25. The highest BCUT2D eigenvalue weighted by Gasteiger charge is 2.21. The van der Waals surface area contributed by atoms with Gasteiger partial charge in [0.05, 0.1) is 0 Å². The molecule has 0 aliphatic rings. The summed E-state index contributed by atoms with van der Waals surface area (Å²) >= 11 is -0.0976. The van der Waals surface area contributed by atoms with Crippen LogP contribution < -0.4 is 21.2 Å². The van der Waals surface area contributed by atoms with Crippen LogP contribution in [0.25, 0.3) is 0 Å². The van der Waals surface area contributed by atoms with Gasteiger partial charge in [-0.2, -0.15) is 0 Å². The average molecular weight is 632 g/mol. The molecule has 0 heterocycles. The van der Waals surface area contributed by atoms with Crippen LogP contribution in [0.4, 0.5) is 0 Å². The van der Waals surface area contributed by atoms with Crippen LogP contribution in [0.5, 0.6) is 0 Å². The van der Waals surface area contributed by atoms with Crippen molar-refractivity contribution in [3.05, 3.63) is 66.3 Å². The van der Waals surface area contributed by atoms with Crippen LogP contribution in [0.3, 0.4) is 0 Å². The van der Waals surface area contributed by atoms with Crippen LogP contribution in [0.2, 0.25) is 0 Å². The molecule has 2 aromatic carbocycles. The summed E-state index contributed by atoms with van der Waals surface area (Å²) in [5.74, 6) is 0. The van der Waals surface area contributed by atoms with E-state index < -0.39 is 0 Å². The molecule has 0 amide bonds. The van der Waals surface area contributed by atoms with Crippen LogP contribution in [0, 0.1) is 14.1 Å². The Labute approximate surface area is 248 Å². The quantitative estimate of drug-likeness (QED) is 0.0801. The molecular weight excluding hydrogens is 571 g/mol. The fourth-order valence-electron chi connectivity index (χ4n) is 5.51. The topological polar surface area (TPSA) is 0 Å². The Hall–Kier alpha value is -0.830. The van der Waals surface area contributed by atoms with Gasteiger partial charge in [0.1, 0.15) is 0 Å². The Kier molecular flexibility index (Phi) is 20.1. The van der Waals surface area contributed by atoms with Crippen LogP contribution in [-0.2, 0) is 12.8 Å². The summed E-state index contributed by atoms with van der Waals surface area (Å²) in [5.41, 5.74) is 4.78. The van der Waals surface area contributed by atoms with Gasteiger partial charge in [0, 0.05) is 5.56 Å². The smallest absolute Gasteiger partial charge is 0.0654 e. The number of hydrogen-bond acceptors (Lipinski definition) is 0. The minimum atomic E-state index is -0.0976. The van der Waals surface area contributed by atoms with Crippen LogP contribution in [0.1, 0.15) is 159 Å². The summed E-state index contributed by atoms with van der Waals surface area (Å²) in [6, 6.07) is 16.6. The number of halogens is 1. The average Bonchev–Trinajstić information content (AvgIpc) is 2.93. The van der Waals surface area contributed by atoms with Gasteiger partial charge in [0.2, 0.25) is 0 Å². The van der Waals surface area contributed by atoms with Crippen LogP contribution in [-0.4, -0.2) is 0 Å². The molecule has 2 rings (SSSR count). The van der Waals surface area contributed by atoms with E-state index in [-0.39, 0.29) is 21.2 Å². The Morgan fingerprint density at radius 3 is 1.42 bits per heavy atom. The SMILES string of the molecule is CCCCCCCCCCCCc1cccc([I+]c2ccc(C)cc2)c1CCCCCCCCCCCC. The highest BCUT2D eigenvalue weighted by Crippen LogP contribution is 2.19. The van der Waals surface area contributed by atoms with Crippen molar-refractivity contribution in [3.63, 3.8) is 0 Å². The number of hydrogen-bond donors (Lipinski definition) is 0. The first-order valence-electron chi connectivity index (χ1n) is 16.6. The van der Waals surface area contributed by atoms with Crippen molar-refractivity contribution in [1.29, 1.82) is 0 Å². The Morgan fingerprint density at radius 2 is 0.921 bits per heavy atom. The predicted molar refractivity (Wildman–Crippen MR) is 166 cm³/mol. The molecule has 0 radical (unpaired) electrons. The second-order valence-electron chi connectivity index (χ2n) is 11.6. The van der Waals surface area contributed by atoms with Crippen molar-refractivity contribution >= 4 is 0 Å². The van der Waals surface area contributed by atoms with E-state index in [1.807, 2.05) is 0 Å². The molecule has 0 aliphatic carbocycles. The number of unbranched alkanes of at least 4 members (excludes halogenated alkanes) is 18. The van der Waals surface area contributed by atoms with Gasteiger partial charge in [0.15, 0.2) is 7.14 Å². The molecule has 0 N–H and O–H groups in total. The maximum absolute atomic E-state index is 2.46. The van der Waals surface area contributed by atoms with Crippen molar-refractivity contribution in [2.75, 3.05) is 0 Å². The first-order chi connectivity index (χ1) is 18.7. The predicted octanol–water partition coefficient (Wildman–Crippen LogP) is 9.05. The zero-order chi connectivity index (χ0) is 27.1. The van der Waals surface area contributed by atoms with E-state index in [9.17, 15) is 0 Å². The first kappa shape index (κ1) is 33.4. The second-order valence-corrected chi connectivity index (χ2v) is 14.6. The zero-order valence-electron chi connectivity index (χ0n) is 25.5. The van der Waals surface area contributed by atoms with Gasteiger partial charge in [-0.25, -0.2) is 0 Å². The summed E-state index contributed by atoms with van der Waals surface area (Å²) in [6.07, 6.45) is 31.0. The largest absolute Gasteiger partial charge is 0.358 e. The third-order valence-corrected chi connectivity index (χ3v) is 11.0. The monoisotopic (exact) mass is 631 g/mol. The van der Waals surface area contributed by atoms with Crippen LogP contribution in [0.15, 0.2) is 42.5 Å². The lowest BCUT2D eigenvalue weighted by atomic mass is 9.96. The summed E-state index contributed by atoms with van der Waals surface area (Å²) in [5, 5.41) is 0. The molecular formula is C37H60I+. The lowest BCUT2D eigenvalue weighted by molar-refractivity contribution is -0.598. The minimum Gasteiger partial charge on any atom is -0.0654 e. The summed E-state index contributed by atoms with van der Waals surface area (Å²) in [4.78, 5) is 0. The number of aryl methyl sites for hydroxylation is 2. The Balaban J connectivity index is 1.81. The van der Waals surface area contributed by atoms with Crippen LogP contribution >= 0.6 is 0 Å². The highest BCUT2D eigenvalue weighted by atomic mass is 127. The molecule has 2 aromatic rings. The van der Waals surface area contributed by atoms with Gasteiger partial charge in [0.25, 0.3) is 0 Å². The third-order valence-electron chi connectivity index (χ3n) is 8.02. The molecule has 0 spiro atoms. The molecule has 38 heavy (non-hydrogen) atoms. The summed E-state index contributed by atoms with van der Waals surface area (Å²) in [6.45, 7) is 6.82. The summed E-state index contributed by atoms with van der Waals surface area (Å²) in [7, 11) is 0. The molecule has 0 saturated heterocycles. The van der Waals surface area contributed by atoms with Crippen molar-refractivity contribution < 1.29 is 21.2 Å². The Morgan fingerprint density at radius 1 is 0.474 bits per heavy atom. The molecule has 1 heteroatoms. The van der Waals surface area contributed by atoms with Gasteiger partial charge in [-0.3, -0.25) is 0 Å². The molecule has 0 nitrogen and oxygen atoms in total. The standard InChI is InChI=1S/C37H60I/c1-4-6-8-10-12-14-16-18-20-22-25-34-26-24-28-37(38-35-31-29-33(3)30-32-35)36(34)27-23-21-19-17-15-13-11-9-7-5-2/h24,26,28-32H,4-23,25,27H2,1-3H3/q+1. The molecule has 214 valence electrons.